The Labute approximate surface area is 189 Å². The normalized spacial score (nSPS) is 10.2. The monoisotopic (exact) mass is 509 g/mol. The van der Waals surface area contributed by atoms with Crippen LogP contribution in [0.1, 0.15) is 20.7 Å². The number of nitrogens with zero attached hydrogens (tertiary/aromatic N) is 2. The topological polar surface area (TPSA) is 134 Å². The number of aromatic nitrogens is 2. The highest BCUT2D eigenvalue weighted by Gasteiger charge is 2.14. The van der Waals surface area contributed by atoms with Gasteiger partial charge in [-0.2, -0.15) is 0 Å². The molecular weight excluding hydrogens is 497 g/mol. The van der Waals surface area contributed by atoms with Crippen LogP contribution in [-0.2, 0) is 0 Å². The van der Waals surface area contributed by atoms with Gasteiger partial charge in [-0.15, -0.1) is 0 Å². The maximum Gasteiger partial charge on any atom is 0.271 e. The van der Waals surface area contributed by atoms with Gasteiger partial charge in [-0.05, 0) is 46.3 Å². The summed E-state index contributed by atoms with van der Waals surface area (Å²) in [6.45, 7) is 0. The van der Waals surface area contributed by atoms with Gasteiger partial charge in [0.2, 0.25) is 0 Å². The van der Waals surface area contributed by atoms with Crippen molar-refractivity contribution in [3.8, 4) is 0 Å². The van der Waals surface area contributed by atoms with Crippen LogP contribution < -0.4 is 27.4 Å². The number of rotatable bonds is 6. The number of carbonyl (C=O) groups is 2. The summed E-state index contributed by atoms with van der Waals surface area (Å²) in [7, 11) is 0. The van der Waals surface area contributed by atoms with E-state index in [2.05, 4.69) is 47.6 Å². The van der Waals surface area contributed by atoms with Crippen molar-refractivity contribution in [2.75, 3.05) is 16.6 Å². The minimum absolute atomic E-state index is 0.0624. The summed E-state index contributed by atoms with van der Waals surface area (Å²) in [4.78, 5) is 32.5. The van der Waals surface area contributed by atoms with Crippen molar-refractivity contribution in [2.24, 2.45) is 0 Å². The molecular formula is C18H14BrCl2N7O2. The number of nitrogen functional groups attached to an aromatic ring is 1. The Morgan fingerprint density at radius 2 is 1.50 bits per heavy atom. The molecule has 12 heteroatoms. The summed E-state index contributed by atoms with van der Waals surface area (Å²) < 4.78 is 0.630. The number of anilines is 3. The first-order chi connectivity index (χ1) is 14.4. The first-order valence-corrected chi connectivity index (χ1v) is 9.84. The molecule has 0 aliphatic heterocycles. The van der Waals surface area contributed by atoms with E-state index in [1.807, 2.05) is 0 Å². The molecule has 0 radical (unpaired) electrons. The fourth-order valence-corrected chi connectivity index (χ4v) is 3.24. The average Bonchev–Trinajstić information content (AvgIpc) is 2.72. The molecule has 0 fully saturated rings. The van der Waals surface area contributed by atoms with Crippen LogP contribution in [0.5, 0.6) is 0 Å². The summed E-state index contributed by atoms with van der Waals surface area (Å²) in [6, 6.07) is 11.4. The highest BCUT2D eigenvalue weighted by Crippen LogP contribution is 2.23. The Morgan fingerprint density at radius 3 is 2.10 bits per heavy atom. The number of hydrogen-bond acceptors (Lipinski definition) is 7. The highest BCUT2D eigenvalue weighted by atomic mass is 79.9. The lowest BCUT2D eigenvalue weighted by molar-refractivity contribution is 0.0954. The van der Waals surface area contributed by atoms with Gasteiger partial charge in [-0.1, -0.05) is 35.3 Å². The first-order valence-electron chi connectivity index (χ1n) is 8.29. The minimum atomic E-state index is -0.522. The van der Waals surface area contributed by atoms with E-state index < -0.39 is 11.8 Å². The Bertz CT molecular complexity index is 1110. The van der Waals surface area contributed by atoms with E-state index in [9.17, 15) is 9.59 Å². The van der Waals surface area contributed by atoms with E-state index in [1.54, 1.807) is 24.3 Å². The fourth-order valence-electron chi connectivity index (χ4n) is 2.28. The van der Waals surface area contributed by atoms with Crippen molar-refractivity contribution in [3.63, 3.8) is 0 Å². The van der Waals surface area contributed by atoms with Crippen molar-refractivity contribution < 1.29 is 9.59 Å². The van der Waals surface area contributed by atoms with Crippen LogP contribution in [0.4, 0.5) is 17.3 Å². The van der Waals surface area contributed by atoms with Gasteiger partial charge in [-0.3, -0.25) is 31.3 Å². The molecule has 6 N–H and O–H groups in total. The standard InChI is InChI=1S/C18H14BrCl2N7O2/c19-12-4-2-1-3-10(12)17(29)27-25-15-14(22)16(24-8-23-15)26-28-18(30)11-6-5-9(20)7-13(11)21/h1-8H,22H2,(H,27,29)(H,28,30)(H2,23,24,25,26). The van der Waals surface area contributed by atoms with Crippen molar-refractivity contribution in [1.82, 2.24) is 20.8 Å². The van der Waals surface area contributed by atoms with Gasteiger partial charge in [-0.25, -0.2) is 9.97 Å². The minimum Gasteiger partial charge on any atom is -0.393 e. The second-order valence-electron chi connectivity index (χ2n) is 5.75. The molecule has 0 aliphatic rings. The Morgan fingerprint density at radius 1 is 0.900 bits per heavy atom. The molecule has 3 aromatic rings. The molecule has 9 nitrogen and oxygen atoms in total. The smallest absolute Gasteiger partial charge is 0.271 e. The number of amides is 2. The van der Waals surface area contributed by atoms with Gasteiger partial charge in [0.25, 0.3) is 11.8 Å². The molecule has 0 aliphatic carbocycles. The quantitative estimate of drug-likeness (QED) is 0.319. The van der Waals surface area contributed by atoms with Gasteiger partial charge in [0, 0.05) is 9.50 Å². The highest BCUT2D eigenvalue weighted by molar-refractivity contribution is 9.10. The van der Waals surface area contributed by atoms with Gasteiger partial charge in [0.1, 0.15) is 12.0 Å². The van der Waals surface area contributed by atoms with Crippen LogP contribution in [-0.4, -0.2) is 21.8 Å². The number of halogens is 3. The zero-order valence-corrected chi connectivity index (χ0v) is 18.1. The SMILES string of the molecule is Nc1c(NNC(=O)c2ccc(Cl)cc2Cl)ncnc1NNC(=O)c1ccccc1Br. The zero-order chi connectivity index (χ0) is 21.7. The largest absolute Gasteiger partial charge is 0.393 e. The molecule has 0 saturated carbocycles. The van der Waals surface area contributed by atoms with Crippen LogP contribution in [0.3, 0.4) is 0 Å². The van der Waals surface area contributed by atoms with E-state index in [-0.39, 0.29) is 27.9 Å². The Balaban J connectivity index is 1.65. The molecule has 0 unspecified atom stereocenters. The number of carbonyl (C=O) groups excluding carboxylic acids is 2. The lowest BCUT2D eigenvalue weighted by Gasteiger charge is -2.14. The number of hydrazine groups is 2. The molecule has 0 bridgehead atoms. The third-order valence-corrected chi connectivity index (χ3v) is 5.01. The van der Waals surface area contributed by atoms with E-state index in [0.29, 0.717) is 15.1 Å². The maximum atomic E-state index is 12.3. The second-order valence-corrected chi connectivity index (χ2v) is 7.44. The Kier molecular flexibility index (Phi) is 6.93. The van der Waals surface area contributed by atoms with E-state index in [4.69, 9.17) is 28.9 Å². The predicted molar refractivity (Wildman–Crippen MR) is 119 cm³/mol. The number of hydrogen-bond donors (Lipinski definition) is 5. The van der Waals surface area contributed by atoms with Gasteiger partial charge in [0.15, 0.2) is 11.6 Å². The first kappa shape index (κ1) is 21.6. The molecule has 2 aromatic carbocycles. The summed E-state index contributed by atoms with van der Waals surface area (Å²) in [5.74, 6) is -0.681. The lowest BCUT2D eigenvalue weighted by atomic mass is 10.2. The molecule has 1 heterocycles. The third-order valence-electron chi connectivity index (χ3n) is 3.77. The van der Waals surface area contributed by atoms with E-state index in [0.717, 1.165) is 0 Å². The van der Waals surface area contributed by atoms with Crippen LogP contribution in [0.2, 0.25) is 10.0 Å². The number of benzene rings is 2. The summed E-state index contributed by atoms with van der Waals surface area (Å²) >= 11 is 15.2. The average molecular weight is 511 g/mol. The molecule has 30 heavy (non-hydrogen) atoms. The van der Waals surface area contributed by atoms with Crippen molar-refractivity contribution in [2.45, 2.75) is 0 Å². The molecule has 0 saturated heterocycles. The van der Waals surface area contributed by atoms with Crippen molar-refractivity contribution in [3.05, 3.63) is 74.4 Å². The van der Waals surface area contributed by atoms with Gasteiger partial charge < -0.3 is 5.73 Å². The van der Waals surface area contributed by atoms with Crippen molar-refractivity contribution in [1.29, 1.82) is 0 Å². The molecule has 0 atom stereocenters. The van der Waals surface area contributed by atoms with E-state index in [1.165, 1.54) is 24.5 Å². The number of nitrogens with one attached hydrogen (secondary N) is 4. The van der Waals surface area contributed by atoms with Crippen molar-refractivity contribution >= 4 is 68.3 Å². The summed E-state index contributed by atoms with van der Waals surface area (Å²) in [5.41, 5.74) is 16.8. The number of nitrogens with two attached hydrogens (primary N) is 1. The third kappa shape index (κ3) is 5.09. The Hall–Kier alpha value is -3.08. The van der Waals surface area contributed by atoms with Crippen LogP contribution in [0, 0.1) is 0 Å². The fraction of sp³-hybridized carbons (Fsp3) is 0. The predicted octanol–water partition coefficient (Wildman–Crippen LogP) is 3.64. The van der Waals surface area contributed by atoms with E-state index >= 15 is 0 Å². The van der Waals surface area contributed by atoms with Gasteiger partial charge in [0.05, 0.1) is 16.1 Å². The molecule has 154 valence electrons. The van der Waals surface area contributed by atoms with Crippen LogP contribution in [0.25, 0.3) is 0 Å². The van der Waals surface area contributed by atoms with Crippen LogP contribution >= 0.6 is 39.1 Å². The summed E-state index contributed by atoms with van der Waals surface area (Å²) in [5, 5.41) is 0.597. The second kappa shape index (κ2) is 9.61. The maximum absolute atomic E-state index is 12.3. The van der Waals surface area contributed by atoms with Crippen LogP contribution in [0.15, 0.2) is 53.3 Å². The van der Waals surface area contributed by atoms with Gasteiger partial charge >= 0.3 is 0 Å². The molecule has 2 amide bonds. The summed E-state index contributed by atoms with van der Waals surface area (Å²) in [6.07, 6.45) is 1.20. The lowest BCUT2D eigenvalue weighted by Crippen LogP contribution is -2.32. The molecule has 0 spiro atoms. The molecule has 1 aromatic heterocycles. The zero-order valence-electron chi connectivity index (χ0n) is 15.0. The molecule has 3 rings (SSSR count).